The Balaban J connectivity index is 1.20. The van der Waals surface area contributed by atoms with Gasteiger partial charge in [0, 0.05) is 43.2 Å². The van der Waals surface area contributed by atoms with E-state index in [1.165, 1.54) is 172 Å². The van der Waals surface area contributed by atoms with E-state index in [-0.39, 0.29) is 60.9 Å². The van der Waals surface area contributed by atoms with E-state index >= 15 is 0 Å². The maximum absolute atomic E-state index is 2.85. The third-order valence-corrected chi connectivity index (χ3v) is 24.2. The summed E-state index contributed by atoms with van der Waals surface area (Å²) in [5.41, 5.74) is 30.1. The van der Waals surface area contributed by atoms with Gasteiger partial charge in [0.25, 0.3) is 6.71 Å². The minimum Gasteiger partial charge on any atom is -0.311 e. The summed E-state index contributed by atoms with van der Waals surface area (Å²) in [6.45, 7) is 57.1. The van der Waals surface area contributed by atoms with Gasteiger partial charge in [0.1, 0.15) is 0 Å². The molecule has 0 unspecified atom stereocenters. The minimum absolute atomic E-state index is 0.00310. The van der Waals surface area contributed by atoms with Crippen LogP contribution < -0.4 is 25.5 Å². The highest BCUT2D eigenvalue weighted by atomic mass is 32.1. The van der Waals surface area contributed by atoms with Crippen molar-refractivity contribution in [2.24, 2.45) is 0 Å². The van der Waals surface area contributed by atoms with Crippen LogP contribution in [-0.2, 0) is 54.1 Å². The van der Waals surface area contributed by atoms with Crippen LogP contribution in [0.2, 0.25) is 0 Å². The molecule has 1 aromatic heterocycles. The summed E-state index contributed by atoms with van der Waals surface area (Å²) in [7, 11) is 0. The van der Waals surface area contributed by atoms with E-state index in [1.807, 2.05) is 0 Å². The molecule has 0 N–H and O–H groups in total. The van der Waals surface area contributed by atoms with Gasteiger partial charge >= 0.3 is 0 Å². The summed E-state index contributed by atoms with van der Waals surface area (Å²) >= 11 is 2.11. The minimum atomic E-state index is -0.0402. The molecule has 0 radical (unpaired) electrons. The lowest BCUT2D eigenvalue weighted by atomic mass is 9.35. The Labute approximate surface area is 506 Å². The van der Waals surface area contributed by atoms with E-state index in [4.69, 9.17) is 0 Å². The highest BCUT2D eigenvalue weighted by Gasteiger charge is 2.50. The zero-order valence-electron chi connectivity index (χ0n) is 55.6. The molecule has 0 spiro atoms. The lowest BCUT2D eigenvalue weighted by Crippen LogP contribution is -2.61. The zero-order valence-corrected chi connectivity index (χ0v) is 56.4. The first-order chi connectivity index (χ1) is 38.2. The van der Waals surface area contributed by atoms with Crippen LogP contribution in [0.5, 0.6) is 0 Å². The Kier molecular flexibility index (Phi) is 12.1. The number of aryl methyl sites for hydroxylation is 1. The average molecular weight is 1120 g/mol. The van der Waals surface area contributed by atoms with Gasteiger partial charge in [-0.2, -0.15) is 0 Å². The monoisotopic (exact) mass is 1120 g/mol. The van der Waals surface area contributed by atoms with Crippen LogP contribution >= 0.6 is 11.3 Å². The summed E-state index contributed by atoms with van der Waals surface area (Å²) in [6, 6.07) is 36.9. The molecule has 434 valence electrons. The van der Waals surface area contributed by atoms with E-state index in [2.05, 4.69) is 265 Å². The normalized spacial score (nSPS) is 21.5. The van der Waals surface area contributed by atoms with E-state index in [0.717, 1.165) is 6.42 Å². The summed E-state index contributed by atoms with van der Waals surface area (Å²) in [5.74, 6) is 0. The maximum Gasteiger partial charge on any atom is 0.264 e. The molecule has 0 amide bonds. The van der Waals surface area contributed by atoms with Gasteiger partial charge in [0.05, 0.1) is 11.4 Å². The maximum atomic E-state index is 2.85. The quantitative estimate of drug-likeness (QED) is 0.163. The van der Waals surface area contributed by atoms with Crippen LogP contribution in [0.3, 0.4) is 0 Å². The Hall–Kier alpha value is -5.06. The second-order valence-electron chi connectivity index (χ2n) is 35.0. The van der Waals surface area contributed by atoms with Crippen molar-refractivity contribution in [1.29, 1.82) is 0 Å². The van der Waals surface area contributed by atoms with Crippen molar-refractivity contribution < 1.29 is 0 Å². The lowest BCUT2D eigenvalue weighted by Gasteiger charge is -2.48. The van der Waals surface area contributed by atoms with E-state index in [0.29, 0.717) is 0 Å². The Bertz CT molecular complexity index is 3890. The predicted molar refractivity (Wildman–Crippen MR) is 365 cm³/mol. The van der Waals surface area contributed by atoms with Crippen LogP contribution in [0.15, 0.2) is 84.9 Å². The molecule has 2 aliphatic heterocycles. The highest BCUT2D eigenvalue weighted by Crippen LogP contribution is 2.58. The molecule has 0 saturated carbocycles. The van der Waals surface area contributed by atoms with Crippen molar-refractivity contribution in [3.8, 4) is 11.1 Å². The smallest absolute Gasteiger partial charge is 0.264 e. The van der Waals surface area contributed by atoms with Gasteiger partial charge in [-0.15, -0.1) is 11.3 Å². The summed E-state index contributed by atoms with van der Waals surface area (Å²) in [6.07, 6.45) is 9.43. The predicted octanol–water partition coefficient (Wildman–Crippen LogP) is 21.0. The SMILES string of the molecule is Cc1cc2c3c(c1)N(c1ccc4c(c1)C(C)(C)CCC4(C)C)c1c(sc4cc5c(cc14)C(C)(C)CCC5(C)C)B3c1cc3c(cc1N2c1cc2c(cc1-c1cc(C(C)(C)C)cc(C(C)(C)C)c1)C(C)(C)CCC2(C)C)C(C)(C)CCC3(C)C. The van der Waals surface area contributed by atoms with Gasteiger partial charge in [-0.1, -0.05) is 183 Å². The van der Waals surface area contributed by atoms with Crippen molar-refractivity contribution in [1.82, 2.24) is 0 Å². The molecule has 13 rings (SSSR count). The molecule has 4 aliphatic carbocycles. The molecular weight excluding hydrogens is 1020 g/mol. The molecule has 3 heterocycles. The van der Waals surface area contributed by atoms with Gasteiger partial charge in [0.2, 0.25) is 0 Å². The number of thiophene rings is 1. The van der Waals surface area contributed by atoms with Crippen LogP contribution in [0, 0.1) is 6.92 Å². The third-order valence-electron chi connectivity index (χ3n) is 23.0. The molecule has 0 atom stereocenters. The molecule has 2 nitrogen and oxygen atoms in total. The molecule has 0 bridgehead atoms. The standard InChI is InChI=1S/C79H99BN2S/c1-46-34-64-67-65(35-46)82(62-43-58-55(74(12,13)28-31-77(58,18)19)40-51(62)47-36-48(70(2,3)4)38-49(37-47)71(5,6)7)63-44-59-57(76(16,17)30-32-78(59,20)21)42-61(63)80(67)69-68(52-41-56-60(45-66(52)83-69)79(22,23)33-29-75(56,14)15)81(64)50-24-25-53-54(39-50)73(10,11)27-26-72(53,8)9/h24-25,34-45H,26-33H2,1-23H3. The Morgan fingerprint density at radius 1 is 0.398 bits per heavy atom. The fourth-order valence-electron chi connectivity index (χ4n) is 16.6. The van der Waals surface area contributed by atoms with Crippen LogP contribution in [-0.4, -0.2) is 6.71 Å². The summed E-state index contributed by atoms with van der Waals surface area (Å²) < 4.78 is 2.91. The molecule has 0 fully saturated rings. The summed E-state index contributed by atoms with van der Waals surface area (Å²) in [4.78, 5) is 5.65. The van der Waals surface area contributed by atoms with Crippen molar-refractivity contribution in [3.63, 3.8) is 0 Å². The molecule has 7 aromatic rings. The van der Waals surface area contributed by atoms with Crippen molar-refractivity contribution >= 4 is 78.0 Å². The van der Waals surface area contributed by atoms with Gasteiger partial charge in [-0.3, -0.25) is 0 Å². The second kappa shape index (κ2) is 17.6. The number of nitrogens with zero attached hydrogens (tertiary/aromatic N) is 2. The lowest BCUT2D eigenvalue weighted by molar-refractivity contribution is 0.332. The fourth-order valence-corrected chi connectivity index (χ4v) is 18.0. The topological polar surface area (TPSA) is 6.48 Å². The first-order valence-corrected chi connectivity index (χ1v) is 33.1. The van der Waals surface area contributed by atoms with Crippen molar-refractivity contribution in [3.05, 3.63) is 146 Å². The van der Waals surface area contributed by atoms with Crippen LogP contribution in [0.4, 0.5) is 34.1 Å². The number of hydrogen-bond donors (Lipinski definition) is 0. The number of hydrogen-bond acceptors (Lipinski definition) is 3. The van der Waals surface area contributed by atoms with E-state index < -0.39 is 0 Å². The van der Waals surface area contributed by atoms with Crippen molar-refractivity contribution in [2.75, 3.05) is 9.80 Å². The number of benzene rings is 6. The first-order valence-electron chi connectivity index (χ1n) is 32.3. The Morgan fingerprint density at radius 2 is 0.807 bits per heavy atom. The summed E-state index contributed by atoms with van der Waals surface area (Å²) in [5, 5.41) is 1.42. The van der Waals surface area contributed by atoms with Gasteiger partial charge in [-0.05, 0) is 245 Å². The highest BCUT2D eigenvalue weighted by molar-refractivity contribution is 7.33. The Morgan fingerprint density at radius 3 is 1.30 bits per heavy atom. The molecular formula is C79H99BN2S. The van der Waals surface area contributed by atoms with Crippen LogP contribution in [0.1, 0.15) is 265 Å². The average Bonchev–Trinajstić information content (AvgIpc) is 1.90. The number of fused-ring (bicyclic) bond motifs is 10. The van der Waals surface area contributed by atoms with E-state index in [1.54, 1.807) is 5.56 Å². The number of rotatable bonds is 3. The van der Waals surface area contributed by atoms with Gasteiger partial charge in [-0.25, -0.2) is 0 Å². The zero-order chi connectivity index (χ0) is 59.9. The van der Waals surface area contributed by atoms with Crippen LogP contribution in [0.25, 0.3) is 21.2 Å². The molecule has 6 aliphatic rings. The third kappa shape index (κ3) is 8.62. The molecule has 0 saturated heterocycles. The fraction of sp³-hybridized carbons (Fsp3) is 0.519. The molecule has 6 aromatic carbocycles. The number of anilines is 6. The largest absolute Gasteiger partial charge is 0.311 e. The molecule has 83 heavy (non-hydrogen) atoms. The van der Waals surface area contributed by atoms with Crippen molar-refractivity contribution in [2.45, 2.75) is 265 Å². The first kappa shape index (κ1) is 57.0. The molecule has 4 heteroatoms. The van der Waals surface area contributed by atoms with E-state index in [9.17, 15) is 0 Å². The second-order valence-corrected chi connectivity index (χ2v) is 36.1. The van der Waals surface area contributed by atoms with Gasteiger partial charge < -0.3 is 9.80 Å². The van der Waals surface area contributed by atoms with Gasteiger partial charge in [0.15, 0.2) is 0 Å².